The number of nitrogens with zero attached hydrogens (tertiary/aromatic N) is 6. The van der Waals surface area contributed by atoms with E-state index in [9.17, 15) is 9.18 Å². The Labute approximate surface area is 182 Å². The molecule has 0 unspecified atom stereocenters. The van der Waals surface area contributed by atoms with Gasteiger partial charge in [-0.25, -0.2) is 19.0 Å². The lowest BCUT2D eigenvalue weighted by atomic mass is 10.0. The Hall–Kier alpha value is -3.33. The molecule has 0 spiro atoms. The molecule has 0 radical (unpaired) electrons. The molecule has 7 nitrogen and oxygen atoms in total. The number of amides is 1. The van der Waals surface area contributed by atoms with Gasteiger partial charge in [-0.3, -0.25) is 4.79 Å². The minimum absolute atomic E-state index is 0.0302. The van der Waals surface area contributed by atoms with E-state index in [1.54, 1.807) is 22.9 Å². The maximum atomic E-state index is 14.0. The van der Waals surface area contributed by atoms with E-state index in [-0.39, 0.29) is 24.0 Å². The van der Waals surface area contributed by atoms with Crippen molar-refractivity contribution in [1.29, 1.82) is 0 Å². The van der Waals surface area contributed by atoms with E-state index < -0.39 is 0 Å². The van der Waals surface area contributed by atoms with Crippen LogP contribution in [-0.4, -0.2) is 43.2 Å². The van der Waals surface area contributed by atoms with Crippen molar-refractivity contribution in [3.63, 3.8) is 0 Å². The molecule has 156 valence electrons. The van der Waals surface area contributed by atoms with Gasteiger partial charge in [0.05, 0.1) is 12.3 Å². The molecular formula is C22H19FN6OS. The highest BCUT2D eigenvalue weighted by atomic mass is 32.2. The van der Waals surface area contributed by atoms with Gasteiger partial charge >= 0.3 is 0 Å². The van der Waals surface area contributed by atoms with E-state index in [1.165, 1.54) is 29.7 Å². The summed E-state index contributed by atoms with van der Waals surface area (Å²) in [6.07, 6.45) is 3.37. The SMILES string of the molecule is O=C(CSc1ncnc2c1nnn2Cc1ccccc1F)N1CCCc2ccccc21. The predicted molar refractivity (Wildman–Crippen MR) is 116 cm³/mol. The number of aryl methyl sites for hydroxylation is 1. The van der Waals surface area contributed by atoms with E-state index in [2.05, 4.69) is 26.3 Å². The van der Waals surface area contributed by atoms with Crippen molar-refractivity contribution in [3.05, 3.63) is 71.8 Å². The number of rotatable bonds is 5. The first-order chi connectivity index (χ1) is 15.2. The quantitative estimate of drug-likeness (QED) is 0.354. The Morgan fingerprint density at radius 1 is 1.10 bits per heavy atom. The van der Waals surface area contributed by atoms with Crippen molar-refractivity contribution in [3.8, 4) is 0 Å². The molecule has 0 fully saturated rings. The standard InChI is InChI=1S/C22H19FN6OS/c23-17-9-3-1-7-16(17)12-29-21-20(26-27-29)22(25-14-24-21)31-13-19(30)28-11-5-8-15-6-2-4-10-18(15)28/h1-4,6-7,9-10,14H,5,8,11-13H2. The monoisotopic (exact) mass is 434 g/mol. The first-order valence-electron chi connectivity index (χ1n) is 9.99. The Morgan fingerprint density at radius 3 is 2.84 bits per heavy atom. The minimum atomic E-state index is -0.304. The van der Waals surface area contributed by atoms with Gasteiger partial charge in [-0.15, -0.1) is 5.10 Å². The van der Waals surface area contributed by atoms with Crippen LogP contribution in [0.2, 0.25) is 0 Å². The van der Waals surface area contributed by atoms with Crippen molar-refractivity contribution < 1.29 is 9.18 Å². The molecule has 0 saturated carbocycles. The summed E-state index contributed by atoms with van der Waals surface area (Å²) in [6, 6.07) is 14.6. The molecule has 4 aromatic rings. The third-order valence-electron chi connectivity index (χ3n) is 5.29. The Bertz CT molecular complexity index is 1260. The summed E-state index contributed by atoms with van der Waals surface area (Å²) >= 11 is 1.32. The fourth-order valence-corrected chi connectivity index (χ4v) is 4.58. The van der Waals surface area contributed by atoms with Crippen LogP contribution in [0.15, 0.2) is 59.9 Å². The van der Waals surface area contributed by atoms with Gasteiger partial charge in [-0.2, -0.15) is 0 Å². The molecule has 2 aromatic carbocycles. The highest BCUT2D eigenvalue weighted by Gasteiger charge is 2.23. The van der Waals surface area contributed by atoms with Crippen molar-refractivity contribution in [1.82, 2.24) is 25.0 Å². The van der Waals surface area contributed by atoms with Crippen LogP contribution in [0.1, 0.15) is 17.5 Å². The number of benzene rings is 2. The van der Waals surface area contributed by atoms with Gasteiger partial charge in [0.2, 0.25) is 5.91 Å². The molecule has 0 atom stereocenters. The summed E-state index contributed by atoms with van der Waals surface area (Å²) in [5.41, 5.74) is 3.71. The van der Waals surface area contributed by atoms with Gasteiger partial charge in [-0.05, 0) is 30.5 Å². The van der Waals surface area contributed by atoms with E-state index >= 15 is 0 Å². The van der Waals surface area contributed by atoms with Crippen LogP contribution in [0.25, 0.3) is 11.2 Å². The molecule has 1 aliphatic rings. The zero-order chi connectivity index (χ0) is 21.2. The third-order valence-corrected chi connectivity index (χ3v) is 6.25. The molecule has 1 amide bonds. The van der Waals surface area contributed by atoms with E-state index in [0.29, 0.717) is 28.3 Å². The minimum Gasteiger partial charge on any atom is -0.311 e. The number of carbonyl (C=O) groups excluding carboxylic acids is 1. The molecule has 2 aromatic heterocycles. The smallest absolute Gasteiger partial charge is 0.237 e. The lowest BCUT2D eigenvalue weighted by Gasteiger charge is -2.29. The molecule has 0 aliphatic carbocycles. The van der Waals surface area contributed by atoms with Crippen molar-refractivity contribution in [2.45, 2.75) is 24.4 Å². The highest BCUT2D eigenvalue weighted by molar-refractivity contribution is 8.00. The number of para-hydroxylation sites is 1. The fourth-order valence-electron chi connectivity index (χ4n) is 3.77. The second-order valence-electron chi connectivity index (χ2n) is 7.26. The van der Waals surface area contributed by atoms with Crippen LogP contribution >= 0.6 is 11.8 Å². The molecule has 0 N–H and O–H groups in total. The van der Waals surface area contributed by atoms with Crippen molar-refractivity contribution in [2.24, 2.45) is 0 Å². The fraction of sp³-hybridized carbons (Fsp3) is 0.227. The summed E-state index contributed by atoms with van der Waals surface area (Å²) in [6.45, 7) is 0.933. The first kappa shape index (κ1) is 19.6. The van der Waals surface area contributed by atoms with Crippen LogP contribution in [0.5, 0.6) is 0 Å². The largest absolute Gasteiger partial charge is 0.311 e. The lowest BCUT2D eigenvalue weighted by Crippen LogP contribution is -2.36. The van der Waals surface area contributed by atoms with Gasteiger partial charge in [0, 0.05) is 17.8 Å². The average Bonchev–Trinajstić information content (AvgIpc) is 3.22. The number of anilines is 1. The van der Waals surface area contributed by atoms with Gasteiger partial charge in [0.1, 0.15) is 17.2 Å². The number of halogens is 1. The molecule has 3 heterocycles. The van der Waals surface area contributed by atoms with Crippen LogP contribution in [-0.2, 0) is 17.8 Å². The number of hydrogen-bond donors (Lipinski definition) is 0. The summed E-state index contributed by atoms with van der Waals surface area (Å²) in [4.78, 5) is 23.3. The van der Waals surface area contributed by atoms with Crippen molar-refractivity contribution >= 4 is 34.5 Å². The molecule has 1 aliphatic heterocycles. The van der Waals surface area contributed by atoms with Crippen LogP contribution in [0.3, 0.4) is 0 Å². The maximum absolute atomic E-state index is 14.0. The second kappa shape index (κ2) is 8.43. The second-order valence-corrected chi connectivity index (χ2v) is 8.22. The zero-order valence-corrected chi connectivity index (χ0v) is 17.4. The molecule has 31 heavy (non-hydrogen) atoms. The summed E-state index contributed by atoms with van der Waals surface area (Å²) in [5, 5.41) is 8.91. The topological polar surface area (TPSA) is 76.8 Å². The summed E-state index contributed by atoms with van der Waals surface area (Å²) in [5.74, 6) is -0.0365. The molecular weight excluding hydrogens is 415 g/mol. The van der Waals surface area contributed by atoms with Gasteiger partial charge in [0.15, 0.2) is 11.2 Å². The van der Waals surface area contributed by atoms with Gasteiger partial charge in [0.25, 0.3) is 0 Å². The number of hydrogen-bond acceptors (Lipinski definition) is 6. The van der Waals surface area contributed by atoms with E-state index in [1.807, 2.05) is 23.1 Å². The Balaban J connectivity index is 1.34. The van der Waals surface area contributed by atoms with Gasteiger partial charge in [-0.1, -0.05) is 53.4 Å². The molecule has 5 rings (SSSR count). The lowest BCUT2D eigenvalue weighted by molar-refractivity contribution is -0.116. The third kappa shape index (κ3) is 3.88. The Morgan fingerprint density at radius 2 is 1.94 bits per heavy atom. The van der Waals surface area contributed by atoms with Crippen LogP contribution < -0.4 is 4.90 Å². The number of thioether (sulfide) groups is 1. The van der Waals surface area contributed by atoms with E-state index in [4.69, 9.17) is 0 Å². The number of aromatic nitrogens is 5. The number of carbonyl (C=O) groups is 1. The van der Waals surface area contributed by atoms with Gasteiger partial charge < -0.3 is 4.90 Å². The highest BCUT2D eigenvalue weighted by Crippen LogP contribution is 2.29. The van der Waals surface area contributed by atoms with Crippen molar-refractivity contribution in [2.75, 3.05) is 17.2 Å². The molecule has 0 saturated heterocycles. The first-order valence-corrected chi connectivity index (χ1v) is 11.0. The predicted octanol–water partition coefficient (Wildman–Crippen LogP) is 3.48. The average molecular weight is 435 g/mol. The van der Waals surface area contributed by atoms with Crippen LogP contribution in [0.4, 0.5) is 10.1 Å². The molecule has 9 heteroatoms. The number of fused-ring (bicyclic) bond motifs is 2. The normalized spacial score (nSPS) is 13.4. The Kier molecular flexibility index (Phi) is 5.33. The molecule has 0 bridgehead atoms. The van der Waals surface area contributed by atoms with Crippen LogP contribution in [0, 0.1) is 5.82 Å². The zero-order valence-electron chi connectivity index (χ0n) is 16.6. The summed E-state index contributed by atoms with van der Waals surface area (Å²) in [7, 11) is 0. The van der Waals surface area contributed by atoms with E-state index in [0.717, 1.165) is 18.5 Å². The summed E-state index contributed by atoms with van der Waals surface area (Å²) < 4.78 is 15.6. The maximum Gasteiger partial charge on any atom is 0.237 e.